The lowest BCUT2D eigenvalue weighted by atomic mass is 10.0. The number of hydrogen-bond donors (Lipinski definition) is 1. The maximum absolute atomic E-state index is 5.97. The van der Waals surface area contributed by atoms with Gasteiger partial charge in [-0.3, -0.25) is 5.10 Å². The summed E-state index contributed by atoms with van der Waals surface area (Å²) >= 11 is 0. The van der Waals surface area contributed by atoms with Gasteiger partial charge in [-0.2, -0.15) is 5.10 Å². The van der Waals surface area contributed by atoms with Gasteiger partial charge in [-0.1, -0.05) is 35.9 Å². The summed E-state index contributed by atoms with van der Waals surface area (Å²) in [5, 5.41) is 8.60. The summed E-state index contributed by atoms with van der Waals surface area (Å²) < 4.78 is 5.97. The number of H-pyrrole nitrogens is 1. The Morgan fingerprint density at radius 3 is 2.75 bits per heavy atom. The first-order chi connectivity index (χ1) is 9.74. The standard InChI is InChI=1S/C17H14N2O/c1-10-7-8-12(11(2)9-10)15-17-16(19-18-15)13-5-3-4-6-14(13)20-17/h3-9H,1-2H3,(H,18,19). The second-order valence-electron chi connectivity index (χ2n) is 5.19. The second kappa shape index (κ2) is 3.97. The van der Waals surface area contributed by atoms with E-state index >= 15 is 0 Å². The van der Waals surface area contributed by atoms with Gasteiger partial charge in [-0.05, 0) is 31.5 Å². The monoisotopic (exact) mass is 262 g/mol. The van der Waals surface area contributed by atoms with Crippen LogP contribution in [0.3, 0.4) is 0 Å². The van der Waals surface area contributed by atoms with Crippen LogP contribution in [0.2, 0.25) is 0 Å². The number of aryl methyl sites for hydroxylation is 2. The van der Waals surface area contributed by atoms with E-state index in [2.05, 4.69) is 42.2 Å². The number of nitrogens with zero attached hydrogens (tertiary/aromatic N) is 1. The maximum atomic E-state index is 5.97. The highest BCUT2D eigenvalue weighted by Gasteiger charge is 2.16. The van der Waals surface area contributed by atoms with Gasteiger partial charge in [0.1, 0.15) is 16.8 Å². The molecule has 0 saturated carbocycles. The van der Waals surface area contributed by atoms with Gasteiger partial charge in [0.05, 0.1) is 0 Å². The molecule has 1 N–H and O–H groups in total. The lowest BCUT2D eigenvalue weighted by Gasteiger charge is -2.03. The summed E-state index contributed by atoms with van der Waals surface area (Å²) in [5.41, 5.74) is 7.17. The SMILES string of the molecule is Cc1ccc(-c2[nH]nc3c2oc2ccccc23)c(C)c1. The molecule has 0 radical (unpaired) electrons. The number of fused-ring (bicyclic) bond motifs is 3. The molecule has 0 saturated heterocycles. The molecule has 4 aromatic rings. The highest BCUT2D eigenvalue weighted by molar-refractivity contribution is 6.06. The fraction of sp³-hybridized carbons (Fsp3) is 0.118. The number of hydrogen-bond acceptors (Lipinski definition) is 2. The highest BCUT2D eigenvalue weighted by atomic mass is 16.3. The first kappa shape index (κ1) is 11.3. The zero-order valence-corrected chi connectivity index (χ0v) is 11.4. The van der Waals surface area contributed by atoms with Crippen LogP contribution in [0.15, 0.2) is 46.9 Å². The van der Waals surface area contributed by atoms with E-state index in [4.69, 9.17) is 4.42 Å². The van der Waals surface area contributed by atoms with Crippen LogP contribution >= 0.6 is 0 Å². The zero-order chi connectivity index (χ0) is 13.7. The van der Waals surface area contributed by atoms with Crippen molar-refractivity contribution in [1.82, 2.24) is 10.2 Å². The third-order valence-electron chi connectivity index (χ3n) is 3.73. The van der Waals surface area contributed by atoms with Crippen molar-refractivity contribution in [2.45, 2.75) is 13.8 Å². The van der Waals surface area contributed by atoms with Crippen LogP contribution < -0.4 is 0 Å². The maximum Gasteiger partial charge on any atom is 0.181 e. The lowest BCUT2D eigenvalue weighted by Crippen LogP contribution is -1.85. The average molecular weight is 262 g/mol. The third-order valence-corrected chi connectivity index (χ3v) is 3.73. The molecule has 0 unspecified atom stereocenters. The highest BCUT2D eigenvalue weighted by Crippen LogP contribution is 2.34. The van der Waals surface area contributed by atoms with Gasteiger partial charge in [0.15, 0.2) is 5.58 Å². The normalized spacial score (nSPS) is 11.5. The van der Waals surface area contributed by atoms with Crippen LogP contribution in [0.1, 0.15) is 11.1 Å². The van der Waals surface area contributed by atoms with Crippen molar-refractivity contribution in [3.63, 3.8) is 0 Å². The van der Waals surface area contributed by atoms with Gasteiger partial charge >= 0.3 is 0 Å². The van der Waals surface area contributed by atoms with Gasteiger partial charge in [-0.15, -0.1) is 0 Å². The largest absolute Gasteiger partial charge is 0.452 e. The van der Waals surface area contributed by atoms with Crippen molar-refractivity contribution < 1.29 is 4.42 Å². The van der Waals surface area contributed by atoms with E-state index in [1.807, 2.05) is 24.3 Å². The minimum atomic E-state index is 0.832. The molecule has 0 aliphatic rings. The molecule has 0 bridgehead atoms. The topological polar surface area (TPSA) is 41.8 Å². The van der Waals surface area contributed by atoms with E-state index in [9.17, 15) is 0 Å². The van der Waals surface area contributed by atoms with Gasteiger partial charge in [0.2, 0.25) is 0 Å². The van der Waals surface area contributed by atoms with Crippen LogP contribution in [0.25, 0.3) is 33.3 Å². The predicted molar refractivity (Wildman–Crippen MR) is 80.8 cm³/mol. The molecule has 0 aliphatic heterocycles. The number of para-hydroxylation sites is 1. The first-order valence-electron chi connectivity index (χ1n) is 6.67. The van der Waals surface area contributed by atoms with Crippen molar-refractivity contribution >= 4 is 22.1 Å². The number of aromatic nitrogens is 2. The Hall–Kier alpha value is -2.55. The molecular formula is C17H14N2O. The van der Waals surface area contributed by atoms with Crippen LogP contribution in [0, 0.1) is 13.8 Å². The summed E-state index contributed by atoms with van der Waals surface area (Å²) in [6, 6.07) is 14.4. The van der Waals surface area contributed by atoms with E-state index in [1.165, 1.54) is 11.1 Å². The molecule has 3 heteroatoms. The van der Waals surface area contributed by atoms with E-state index in [0.717, 1.165) is 33.3 Å². The molecule has 0 spiro atoms. The molecule has 4 rings (SSSR count). The molecule has 20 heavy (non-hydrogen) atoms. The van der Waals surface area contributed by atoms with Crippen molar-refractivity contribution in [3.05, 3.63) is 53.6 Å². The average Bonchev–Trinajstić information content (AvgIpc) is 2.98. The zero-order valence-electron chi connectivity index (χ0n) is 11.4. The first-order valence-corrected chi connectivity index (χ1v) is 6.67. The smallest absolute Gasteiger partial charge is 0.181 e. The summed E-state index contributed by atoms with van der Waals surface area (Å²) in [6.07, 6.45) is 0. The van der Waals surface area contributed by atoms with E-state index in [1.54, 1.807) is 0 Å². The van der Waals surface area contributed by atoms with E-state index in [0.29, 0.717) is 0 Å². The van der Waals surface area contributed by atoms with Crippen LogP contribution in [-0.4, -0.2) is 10.2 Å². The fourth-order valence-electron chi connectivity index (χ4n) is 2.75. The summed E-state index contributed by atoms with van der Waals surface area (Å²) in [6.45, 7) is 4.21. The van der Waals surface area contributed by atoms with Gasteiger partial charge in [0.25, 0.3) is 0 Å². The van der Waals surface area contributed by atoms with E-state index < -0.39 is 0 Å². The Bertz CT molecular complexity index is 931. The molecule has 2 heterocycles. The van der Waals surface area contributed by atoms with Gasteiger partial charge in [0, 0.05) is 10.9 Å². The van der Waals surface area contributed by atoms with Crippen LogP contribution in [-0.2, 0) is 0 Å². The minimum Gasteiger partial charge on any atom is -0.452 e. The Morgan fingerprint density at radius 2 is 1.90 bits per heavy atom. The fourth-order valence-corrected chi connectivity index (χ4v) is 2.75. The lowest BCUT2D eigenvalue weighted by molar-refractivity contribution is 0.669. The number of nitrogens with one attached hydrogen (secondary N) is 1. The van der Waals surface area contributed by atoms with Gasteiger partial charge < -0.3 is 4.42 Å². The minimum absolute atomic E-state index is 0.832. The molecule has 98 valence electrons. The molecule has 2 aromatic carbocycles. The quantitative estimate of drug-likeness (QED) is 0.545. The van der Waals surface area contributed by atoms with Crippen LogP contribution in [0.5, 0.6) is 0 Å². The Balaban J connectivity index is 2.05. The Labute approximate surface area is 116 Å². The Morgan fingerprint density at radius 1 is 1.05 bits per heavy atom. The van der Waals surface area contributed by atoms with Crippen molar-refractivity contribution in [1.29, 1.82) is 0 Å². The molecule has 3 nitrogen and oxygen atoms in total. The summed E-state index contributed by atoms with van der Waals surface area (Å²) in [5.74, 6) is 0. The predicted octanol–water partition coefficient (Wildman–Crippen LogP) is 4.59. The van der Waals surface area contributed by atoms with E-state index in [-0.39, 0.29) is 0 Å². The van der Waals surface area contributed by atoms with Crippen molar-refractivity contribution in [2.75, 3.05) is 0 Å². The molecule has 0 amide bonds. The van der Waals surface area contributed by atoms with Gasteiger partial charge in [-0.25, -0.2) is 0 Å². The molecule has 0 aliphatic carbocycles. The summed E-state index contributed by atoms with van der Waals surface area (Å²) in [7, 11) is 0. The third kappa shape index (κ3) is 1.50. The van der Waals surface area contributed by atoms with Crippen molar-refractivity contribution in [3.8, 4) is 11.3 Å². The van der Waals surface area contributed by atoms with Crippen LogP contribution in [0.4, 0.5) is 0 Å². The molecule has 0 atom stereocenters. The number of aromatic amines is 1. The number of furan rings is 1. The number of rotatable bonds is 1. The summed E-state index contributed by atoms with van der Waals surface area (Å²) in [4.78, 5) is 0. The number of benzene rings is 2. The van der Waals surface area contributed by atoms with Crippen molar-refractivity contribution in [2.24, 2.45) is 0 Å². The molecule has 2 aromatic heterocycles. The molecule has 0 fully saturated rings. The second-order valence-corrected chi connectivity index (χ2v) is 5.19. The Kier molecular flexibility index (Phi) is 2.24. The molecular weight excluding hydrogens is 248 g/mol.